The van der Waals surface area contributed by atoms with Gasteiger partial charge >= 0.3 is 5.97 Å². The average Bonchev–Trinajstić information content (AvgIpc) is 3.02. The third kappa shape index (κ3) is 5.46. The summed E-state index contributed by atoms with van der Waals surface area (Å²) >= 11 is 0. The molecule has 1 aliphatic rings. The molecule has 1 amide bonds. The van der Waals surface area contributed by atoms with Gasteiger partial charge in [-0.2, -0.15) is 0 Å². The Labute approximate surface area is 158 Å². The molecule has 1 atom stereocenters. The van der Waals surface area contributed by atoms with E-state index in [0.29, 0.717) is 23.5 Å². The van der Waals surface area contributed by atoms with Crippen molar-refractivity contribution in [3.63, 3.8) is 0 Å². The van der Waals surface area contributed by atoms with Crippen LogP contribution in [0, 0.1) is 0 Å². The number of esters is 1. The first-order chi connectivity index (χ1) is 12.8. The van der Waals surface area contributed by atoms with E-state index in [0.717, 1.165) is 0 Å². The van der Waals surface area contributed by atoms with Crippen LogP contribution in [-0.2, 0) is 24.2 Å². The Morgan fingerprint density at radius 1 is 1.26 bits per heavy atom. The minimum absolute atomic E-state index is 0.0568. The van der Waals surface area contributed by atoms with Crippen molar-refractivity contribution in [2.75, 3.05) is 39.4 Å². The van der Waals surface area contributed by atoms with Crippen LogP contribution < -0.4 is 9.47 Å². The fourth-order valence-corrected chi connectivity index (χ4v) is 4.54. The van der Waals surface area contributed by atoms with Gasteiger partial charge in [0.2, 0.25) is 0 Å². The lowest BCUT2D eigenvalue weighted by atomic mass is 10.1. The van der Waals surface area contributed by atoms with Crippen molar-refractivity contribution in [2.45, 2.75) is 12.5 Å². The van der Waals surface area contributed by atoms with Crippen molar-refractivity contribution in [1.82, 2.24) is 4.90 Å². The lowest BCUT2D eigenvalue weighted by Gasteiger charge is -2.22. The number of methoxy groups -OCH3 is 2. The van der Waals surface area contributed by atoms with Crippen molar-refractivity contribution < 1.29 is 32.2 Å². The fourth-order valence-electron chi connectivity index (χ4n) is 2.77. The molecule has 27 heavy (non-hydrogen) atoms. The summed E-state index contributed by atoms with van der Waals surface area (Å²) in [6, 6.07) is 4.84. The van der Waals surface area contributed by atoms with Crippen LogP contribution in [0.25, 0.3) is 6.08 Å². The number of benzene rings is 1. The lowest BCUT2D eigenvalue weighted by Crippen LogP contribution is -2.40. The number of para-hydroxylation sites is 1. The Kier molecular flexibility index (Phi) is 6.84. The van der Waals surface area contributed by atoms with E-state index in [1.54, 1.807) is 18.2 Å². The summed E-state index contributed by atoms with van der Waals surface area (Å²) in [4.78, 5) is 25.3. The maximum atomic E-state index is 12.1. The van der Waals surface area contributed by atoms with Gasteiger partial charge in [0.25, 0.3) is 5.91 Å². The molecule has 1 aromatic rings. The number of ether oxygens (including phenoxy) is 3. The summed E-state index contributed by atoms with van der Waals surface area (Å²) in [5.74, 6) is -0.129. The zero-order valence-corrected chi connectivity index (χ0v) is 16.3. The number of nitrogens with zero attached hydrogens (tertiary/aromatic N) is 1. The van der Waals surface area contributed by atoms with E-state index in [-0.39, 0.29) is 17.5 Å². The Balaban J connectivity index is 1.91. The topological polar surface area (TPSA) is 99.2 Å². The van der Waals surface area contributed by atoms with Gasteiger partial charge in [0.1, 0.15) is 0 Å². The van der Waals surface area contributed by atoms with Gasteiger partial charge in [-0.15, -0.1) is 0 Å². The number of carbonyl (C=O) groups is 2. The van der Waals surface area contributed by atoms with E-state index in [9.17, 15) is 18.0 Å². The van der Waals surface area contributed by atoms with Gasteiger partial charge in [0.15, 0.2) is 27.9 Å². The number of carbonyl (C=O) groups excluding carboxylic acids is 2. The number of amides is 1. The molecule has 0 aromatic heterocycles. The number of rotatable bonds is 7. The lowest BCUT2D eigenvalue weighted by molar-refractivity contribution is -0.148. The predicted octanol–water partition coefficient (Wildman–Crippen LogP) is 0.906. The SMILES string of the molecule is COc1cccc(/C=C/C(=O)OCC(=O)N(C)[C@H]2CCS(=O)(=O)C2)c1OC. The van der Waals surface area contributed by atoms with E-state index in [2.05, 4.69) is 0 Å². The molecule has 0 saturated carbocycles. The normalized spacial score (nSPS) is 18.3. The van der Waals surface area contributed by atoms with Crippen LogP contribution in [0.2, 0.25) is 0 Å². The number of likely N-dealkylation sites (N-methyl/N-ethyl adjacent to an activating group) is 1. The van der Waals surface area contributed by atoms with Crippen LogP contribution in [0.4, 0.5) is 0 Å². The molecule has 0 unspecified atom stereocenters. The van der Waals surface area contributed by atoms with Gasteiger partial charge < -0.3 is 19.1 Å². The second kappa shape index (κ2) is 8.90. The van der Waals surface area contributed by atoms with E-state index in [1.807, 2.05) is 0 Å². The van der Waals surface area contributed by atoms with Gasteiger partial charge in [-0.25, -0.2) is 13.2 Å². The van der Waals surface area contributed by atoms with Crippen LogP contribution in [0.3, 0.4) is 0 Å². The summed E-state index contributed by atoms with van der Waals surface area (Å²) in [5, 5.41) is 0. The van der Waals surface area contributed by atoms with Crippen molar-refractivity contribution in [1.29, 1.82) is 0 Å². The van der Waals surface area contributed by atoms with Crippen LogP contribution in [0.15, 0.2) is 24.3 Å². The van der Waals surface area contributed by atoms with Crippen LogP contribution >= 0.6 is 0 Å². The van der Waals surface area contributed by atoms with Crippen LogP contribution in [0.1, 0.15) is 12.0 Å². The summed E-state index contributed by atoms with van der Waals surface area (Å²) in [6.45, 7) is -0.453. The van der Waals surface area contributed by atoms with Gasteiger partial charge in [0.05, 0.1) is 25.7 Å². The number of sulfone groups is 1. The zero-order chi connectivity index (χ0) is 20.0. The molecule has 0 bridgehead atoms. The summed E-state index contributed by atoms with van der Waals surface area (Å²) in [6.07, 6.45) is 3.08. The van der Waals surface area contributed by atoms with E-state index < -0.39 is 28.3 Å². The molecule has 2 rings (SSSR count). The highest BCUT2D eigenvalue weighted by Gasteiger charge is 2.32. The molecule has 1 heterocycles. The van der Waals surface area contributed by atoms with Crippen LogP contribution in [-0.4, -0.2) is 70.6 Å². The first kappa shape index (κ1) is 20.8. The Morgan fingerprint density at radius 3 is 2.59 bits per heavy atom. The molecule has 0 N–H and O–H groups in total. The quantitative estimate of drug-likeness (QED) is 0.498. The molecule has 1 fully saturated rings. The third-order valence-electron chi connectivity index (χ3n) is 4.32. The summed E-state index contributed by atoms with van der Waals surface area (Å²) in [7, 11) is 1.42. The van der Waals surface area contributed by atoms with E-state index >= 15 is 0 Å². The van der Waals surface area contributed by atoms with Crippen molar-refractivity contribution in [3.05, 3.63) is 29.8 Å². The minimum Gasteiger partial charge on any atom is -0.493 e. The summed E-state index contributed by atoms with van der Waals surface area (Å²) < 4.78 is 38.4. The number of hydrogen-bond acceptors (Lipinski definition) is 7. The zero-order valence-electron chi connectivity index (χ0n) is 15.5. The van der Waals surface area contributed by atoms with Crippen molar-refractivity contribution >= 4 is 27.8 Å². The molecule has 0 aliphatic carbocycles. The highest BCUT2D eigenvalue weighted by atomic mass is 32.2. The van der Waals surface area contributed by atoms with E-state index in [4.69, 9.17) is 14.2 Å². The van der Waals surface area contributed by atoms with E-state index in [1.165, 1.54) is 38.3 Å². The molecule has 1 saturated heterocycles. The molecular formula is C18H23NO7S. The largest absolute Gasteiger partial charge is 0.493 e. The molecule has 0 radical (unpaired) electrons. The van der Waals surface area contributed by atoms with Gasteiger partial charge in [-0.3, -0.25) is 4.79 Å². The third-order valence-corrected chi connectivity index (χ3v) is 6.07. The Morgan fingerprint density at radius 2 is 2.00 bits per heavy atom. The van der Waals surface area contributed by atoms with Gasteiger partial charge in [-0.1, -0.05) is 12.1 Å². The molecule has 8 nitrogen and oxygen atoms in total. The molecule has 1 aliphatic heterocycles. The molecule has 0 spiro atoms. The fraction of sp³-hybridized carbons (Fsp3) is 0.444. The maximum Gasteiger partial charge on any atom is 0.331 e. The smallest absolute Gasteiger partial charge is 0.331 e. The Bertz CT molecular complexity index is 832. The summed E-state index contributed by atoms with van der Waals surface area (Å²) in [5.41, 5.74) is 0.619. The molecule has 1 aromatic carbocycles. The Hall–Kier alpha value is -2.55. The molecular weight excluding hydrogens is 374 g/mol. The van der Waals surface area contributed by atoms with Crippen LogP contribution in [0.5, 0.6) is 11.5 Å². The van der Waals surface area contributed by atoms with Crippen molar-refractivity contribution in [3.8, 4) is 11.5 Å². The highest BCUT2D eigenvalue weighted by molar-refractivity contribution is 7.91. The monoisotopic (exact) mass is 397 g/mol. The number of hydrogen-bond donors (Lipinski definition) is 0. The highest BCUT2D eigenvalue weighted by Crippen LogP contribution is 2.31. The van der Waals surface area contributed by atoms with Crippen molar-refractivity contribution in [2.24, 2.45) is 0 Å². The molecule has 148 valence electrons. The second-order valence-electron chi connectivity index (χ2n) is 6.09. The van der Waals surface area contributed by atoms with Gasteiger partial charge in [0, 0.05) is 24.7 Å². The predicted molar refractivity (Wildman–Crippen MR) is 99.4 cm³/mol. The molecule has 9 heteroatoms. The second-order valence-corrected chi connectivity index (χ2v) is 8.31. The van der Waals surface area contributed by atoms with Gasteiger partial charge in [-0.05, 0) is 18.6 Å². The first-order valence-corrected chi connectivity index (χ1v) is 10.1. The maximum absolute atomic E-state index is 12.1. The standard InChI is InChI=1S/C18H23NO7S/c1-19(14-9-10-27(22,23)12-14)16(20)11-26-17(21)8-7-13-5-4-6-15(24-2)18(13)25-3/h4-8,14H,9-12H2,1-3H3/b8-7+/t14-/m0/s1. The minimum atomic E-state index is -3.09. The first-order valence-electron chi connectivity index (χ1n) is 8.29. The average molecular weight is 397 g/mol.